The van der Waals surface area contributed by atoms with Crippen molar-refractivity contribution in [3.05, 3.63) is 35.9 Å². The smallest absolute Gasteiger partial charge is 0.407 e. The first-order valence-electron chi connectivity index (χ1n) is 11.8. The van der Waals surface area contributed by atoms with Gasteiger partial charge in [0.15, 0.2) is 0 Å². The fourth-order valence-corrected chi connectivity index (χ4v) is 8.99. The second-order valence-corrected chi connectivity index (χ2v) is 15.5. The van der Waals surface area contributed by atoms with E-state index < -0.39 is 19.8 Å². The minimum atomic E-state index is -1.99. The standard InChI is InChI=1S/C25H44N2O3Si/c1-9-31(10-2,11-3)22(23(28)26-18-20-15-13-12-14-16-20)21(17-19(4)5)27-24(29)30-25(6,7)8/h12-16,19,21-22H,9-11,17-18H2,1-8H3,(H,26,28)(H,27,29)/t21?,22-/m0/s1. The van der Waals surface area contributed by atoms with Gasteiger partial charge in [-0.05, 0) is 38.7 Å². The molecule has 0 saturated heterocycles. The van der Waals surface area contributed by atoms with Crippen molar-refractivity contribution in [1.82, 2.24) is 10.6 Å². The second-order valence-electron chi connectivity index (χ2n) is 9.99. The molecule has 2 atom stereocenters. The van der Waals surface area contributed by atoms with E-state index >= 15 is 0 Å². The zero-order valence-electron chi connectivity index (χ0n) is 20.9. The van der Waals surface area contributed by atoms with E-state index in [1.165, 1.54) is 0 Å². The Morgan fingerprint density at radius 2 is 1.55 bits per heavy atom. The number of nitrogens with one attached hydrogen (secondary N) is 2. The maximum atomic E-state index is 13.7. The maximum absolute atomic E-state index is 13.7. The molecule has 0 saturated carbocycles. The number of carbonyl (C=O) groups excluding carboxylic acids is 2. The Hall–Kier alpha value is -1.82. The molecular weight excluding hydrogens is 404 g/mol. The predicted molar refractivity (Wildman–Crippen MR) is 132 cm³/mol. The Bertz CT molecular complexity index is 673. The molecule has 0 aromatic heterocycles. The fourth-order valence-electron chi connectivity index (χ4n) is 4.44. The lowest BCUT2D eigenvalue weighted by Crippen LogP contribution is -2.56. The summed E-state index contributed by atoms with van der Waals surface area (Å²) in [5, 5.41) is 6.29. The van der Waals surface area contributed by atoms with Crippen LogP contribution in [0.3, 0.4) is 0 Å². The number of carbonyl (C=O) groups is 2. The van der Waals surface area contributed by atoms with E-state index in [0.29, 0.717) is 12.5 Å². The van der Waals surface area contributed by atoms with Crippen LogP contribution in [0.2, 0.25) is 23.7 Å². The normalized spacial score (nSPS) is 14.1. The van der Waals surface area contributed by atoms with Crippen LogP contribution in [-0.2, 0) is 16.1 Å². The minimum absolute atomic E-state index is 0.0581. The average Bonchev–Trinajstić information content (AvgIpc) is 2.69. The number of hydrogen-bond acceptors (Lipinski definition) is 3. The van der Waals surface area contributed by atoms with Crippen LogP contribution >= 0.6 is 0 Å². The number of rotatable bonds is 11. The predicted octanol–water partition coefficient (Wildman–Crippen LogP) is 6.12. The van der Waals surface area contributed by atoms with Gasteiger partial charge in [-0.15, -0.1) is 0 Å². The van der Waals surface area contributed by atoms with Crippen molar-refractivity contribution >= 4 is 20.1 Å². The average molecular weight is 449 g/mol. The monoisotopic (exact) mass is 448 g/mol. The lowest BCUT2D eigenvalue weighted by molar-refractivity contribution is -0.121. The van der Waals surface area contributed by atoms with Gasteiger partial charge in [0.2, 0.25) is 5.91 Å². The Morgan fingerprint density at radius 1 is 1.00 bits per heavy atom. The topological polar surface area (TPSA) is 67.4 Å². The number of alkyl carbamates (subject to hydrolysis) is 1. The Balaban J connectivity index is 3.24. The summed E-state index contributed by atoms with van der Waals surface area (Å²) in [4.78, 5) is 26.4. The summed E-state index contributed by atoms with van der Waals surface area (Å²) >= 11 is 0. The number of ether oxygens (including phenoxy) is 1. The van der Waals surface area contributed by atoms with E-state index in [4.69, 9.17) is 4.74 Å². The molecular formula is C25H44N2O3Si. The largest absolute Gasteiger partial charge is 0.444 e. The van der Waals surface area contributed by atoms with Gasteiger partial charge in [0, 0.05) is 12.6 Å². The zero-order chi connectivity index (χ0) is 23.7. The molecule has 2 N–H and O–H groups in total. The first kappa shape index (κ1) is 27.2. The summed E-state index contributed by atoms with van der Waals surface area (Å²) in [6, 6.07) is 12.8. The van der Waals surface area contributed by atoms with Gasteiger partial charge in [0.25, 0.3) is 0 Å². The van der Waals surface area contributed by atoms with Gasteiger partial charge in [0.1, 0.15) is 5.60 Å². The highest BCUT2D eigenvalue weighted by Crippen LogP contribution is 2.38. The third-order valence-electron chi connectivity index (χ3n) is 6.19. The molecule has 0 heterocycles. The molecule has 2 amide bonds. The van der Waals surface area contributed by atoms with Crippen LogP contribution in [0, 0.1) is 5.92 Å². The van der Waals surface area contributed by atoms with E-state index in [1.807, 2.05) is 51.1 Å². The van der Waals surface area contributed by atoms with Gasteiger partial charge in [0.05, 0.1) is 13.6 Å². The molecule has 0 aliphatic carbocycles. The van der Waals surface area contributed by atoms with Crippen molar-refractivity contribution in [3.63, 3.8) is 0 Å². The lowest BCUT2D eigenvalue weighted by atomic mass is 10.00. The van der Waals surface area contributed by atoms with Gasteiger partial charge < -0.3 is 15.4 Å². The Morgan fingerprint density at radius 3 is 2.00 bits per heavy atom. The van der Waals surface area contributed by atoms with Gasteiger partial charge >= 0.3 is 6.09 Å². The summed E-state index contributed by atoms with van der Waals surface area (Å²) in [5.74, 6) is 0.407. The molecule has 31 heavy (non-hydrogen) atoms. The van der Waals surface area contributed by atoms with E-state index in [0.717, 1.165) is 30.1 Å². The van der Waals surface area contributed by atoms with E-state index in [1.54, 1.807) is 0 Å². The van der Waals surface area contributed by atoms with Crippen LogP contribution in [0.15, 0.2) is 30.3 Å². The van der Waals surface area contributed by atoms with Crippen molar-refractivity contribution in [2.24, 2.45) is 5.92 Å². The van der Waals surface area contributed by atoms with Crippen LogP contribution in [-0.4, -0.2) is 31.7 Å². The summed E-state index contributed by atoms with van der Waals surface area (Å²) < 4.78 is 5.56. The third kappa shape index (κ3) is 8.68. The van der Waals surface area contributed by atoms with Crippen molar-refractivity contribution < 1.29 is 14.3 Å². The van der Waals surface area contributed by atoms with Crippen molar-refractivity contribution in [2.45, 2.75) is 104 Å². The summed E-state index contributed by atoms with van der Waals surface area (Å²) in [7, 11) is -1.99. The molecule has 0 bridgehead atoms. The zero-order valence-corrected chi connectivity index (χ0v) is 21.9. The molecule has 5 nitrogen and oxygen atoms in total. The van der Waals surface area contributed by atoms with Crippen LogP contribution in [0.25, 0.3) is 0 Å². The summed E-state index contributed by atoms with van der Waals surface area (Å²) in [6.07, 6.45) is 0.308. The Kier molecular flexibility index (Phi) is 10.8. The van der Waals surface area contributed by atoms with Crippen molar-refractivity contribution in [1.29, 1.82) is 0 Å². The third-order valence-corrected chi connectivity index (χ3v) is 12.4. The highest BCUT2D eigenvalue weighted by atomic mass is 28.3. The minimum Gasteiger partial charge on any atom is -0.444 e. The van der Waals surface area contributed by atoms with Gasteiger partial charge in [-0.25, -0.2) is 4.79 Å². The maximum Gasteiger partial charge on any atom is 0.407 e. The quantitative estimate of drug-likeness (QED) is 0.401. The molecule has 1 rings (SSSR count). The van der Waals surface area contributed by atoms with Crippen LogP contribution in [0.5, 0.6) is 0 Å². The molecule has 176 valence electrons. The Labute approximate surface area is 190 Å². The highest BCUT2D eigenvalue weighted by Gasteiger charge is 2.46. The van der Waals surface area contributed by atoms with Gasteiger partial charge in [-0.1, -0.05) is 83.1 Å². The first-order chi connectivity index (χ1) is 14.5. The molecule has 0 radical (unpaired) electrons. The SMILES string of the molecule is CC[Si](CC)(CC)[C@H](C(=O)NCc1ccccc1)C(CC(C)C)NC(=O)OC(C)(C)C. The van der Waals surface area contributed by atoms with Crippen LogP contribution in [0.4, 0.5) is 4.79 Å². The molecule has 0 fully saturated rings. The number of amides is 2. The number of hydrogen-bond donors (Lipinski definition) is 2. The molecule has 0 aliphatic heterocycles. The fraction of sp³-hybridized carbons (Fsp3) is 0.680. The summed E-state index contributed by atoms with van der Waals surface area (Å²) in [6.45, 7) is 17.0. The first-order valence-corrected chi connectivity index (χ1v) is 14.5. The molecule has 6 heteroatoms. The summed E-state index contributed by atoms with van der Waals surface area (Å²) in [5.41, 5.74) is 0.296. The molecule has 0 aliphatic rings. The molecule has 0 spiro atoms. The molecule has 1 unspecified atom stereocenters. The molecule has 1 aromatic rings. The van der Waals surface area contributed by atoms with E-state index in [2.05, 4.69) is 45.3 Å². The second kappa shape index (κ2) is 12.3. The lowest BCUT2D eigenvalue weighted by Gasteiger charge is -2.41. The van der Waals surface area contributed by atoms with Crippen molar-refractivity contribution in [3.8, 4) is 0 Å². The van der Waals surface area contributed by atoms with Crippen molar-refractivity contribution in [2.75, 3.05) is 0 Å². The van der Waals surface area contributed by atoms with E-state index in [9.17, 15) is 9.59 Å². The van der Waals surface area contributed by atoms with Gasteiger partial charge in [-0.2, -0.15) is 0 Å². The number of benzene rings is 1. The highest BCUT2D eigenvalue weighted by molar-refractivity contribution is 6.84. The van der Waals surface area contributed by atoms with Crippen LogP contribution < -0.4 is 10.6 Å². The molecule has 1 aromatic carbocycles. The van der Waals surface area contributed by atoms with Crippen LogP contribution in [0.1, 0.15) is 67.4 Å². The van der Waals surface area contributed by atoms with Gasteiger partial charge in [-0.3, -0.25) is 4.79 Å². The van der Waals surface area contributed by atoms with E-state index in [-0.39, 0.29) is 17.5 Å².